The minimum atomic E-state index is -2.80. The van der Waals surface area contributed by atoms with E-state index >= 15 is 0 Å². The lowest BCUT2D eigenvalue weighted by Crippen LogP contribution is -2.20. The lowest BCUT2D eigenvalue weighted by atomic mass is 10.4. The first-order valence-corrected chi connectivity index (χ1v) is 4.23. The van der Waals surface area contributed by atoms with Crippen LogP contribution in [0.15, 0.2) is 0 Å². The van der Waals surface area contributed by atoms with E-state index in [-0.39, 0.29) is 5.25 Å². The Kier molecular flexibility index (Phi) is 0.646. The molecule has 1 aliphatic carbocycles. The summed E-state index contributed by atoms with van der Waals surface area (Å²) < 4.78 is 23.9. The highest BCUT2D eigenvalue weighted by molar-refractivity contribution is 7.90. The molecule has 2 fully saturated rings. The van der Waals surface area contributed by atoms with Gasteiger partial charge in [-0.2, -0.15) is 0 Å². The van der Waals surface area contributed by atoms with Crippen molar-refractivity contribution in [3.63, 3.8) is 0 Å². The lowest BCUT2D eigenvalue weighted by Gasteiger charge is -1.92. The van der Waals surface area contributed by atoms with Crippen LogP contribution < -0.4 is 4.72 Å². The standard InChI is InChI=1S/C4H7NO2S/c6-8(7)4-1-3(4)2-5-8/h3-5H,1-2H2. The molecule has 2 aliphatic rings. The molecule has 8 heavy (non-hydrogen) atoms. The van der Waals surface area contributed by atoms with E-state index in [1.54, 1.807) is 0 Å². The minimum absolute atomic E-state index is 0.0116. The van der Waals surface area contributed by atoms with Crippen LogP contribution in [0, 0.1) is 5.92 Å². The lowest BCUT2D eigenvalue weighted by molar-refractivity contribution is 0.588. The van der Waals surface area contributed by atoms with Crippen LogP contribution in [-0.4, -0.2) is 20.2 Å². The van der Waals surface area contributed by atoms with Crippen LogP contribution in [0.1, 0.15) is 6.42 Å². The monoisotopic (exact) mass is 133 g/mol. The van der Waals surface area contributed by atoms with Crippen molar-refractivity contribution in [3.8, 4) is 0 Å². The Morgan fingerprint density at radius 2 is 2.25 bits per heavy atom. The van der Waals surface area contributed by atoms with Gasteiger partial charge < -0.3 is 0 Å². The van der Waals surface area contributed by atoms with Gasteiger partial charge in [0.05, 0.1) is 5.25 Å². The number of hydrogen-bond donors (Lipinski definition) is 1. The Hall–Kier alpha value is -0.0900. The van der Waals surface area contributed by atoms with Gasteiger partial charge in [0.2, 0.25) is 10.0 Å². The van der Waals surface area contributed by atoms with E-state index in [0.29, 0.717) is 12.5 Å². The van der Waals surface area contributed by atoms with E-state index in [4.69, 9.17) is 0 Å². The van der Waals surface area contributed by atoms with Crippen molar-refractivity contribution in [2.75, 3.05) is 6.54 Å². The third kappa shape index (κ3) is 0.444. The van der Waals surface area contributed by atoms with E-state index in [1.807, 2.05) is 0 Å². The van der Waals surface area contributed by atoms with Gasteiger partial charge in [-0.3, -0.25) is 0 Å². The first kappa shape index (κ1) is 4.76. The second-order valence-corrected chi connectivity index (χ2v) is 4.41. The summed E-state index contributed by atoms with van der Waals surface area (Å²) in [4.78, 5) is 0. The fourth-order valence-electron chi connectivity index (χ4n) is 1.14. The first-order chi connectivity index (χ1) is 3.70. The molecular weight excluding hydrogens is 126 g/mol. The summed E-state index contributed by atoms with van der Waals surface area (Å²) in [5, 5.41) is -0.0116. The Morgan fingerprint density at radius 3 is 2.38 bits per heavy atom. The van der Waals surface area contributed by atoms with Gasteiger partial charge in [0.15, 0.2) is 0 Å². The van der Waals surface area contributed by atoms with Gasteiger partial charge in [0.1, 0.15) is 0 Å². The number of nitrogens with one attached hydrogen (secondary N) is 1. The molecule has 1 saturated heterocycles. The van der Waals surface area contributed by atoms with E-state index < -0.39 is 10.0 Å². The van der Waals surface area contributed by atoms with Gasteiger partial charge in [-0.15, -0.1) is 0 Å². The molecule has 0 aromatic rings. The van der Waals surface area contributed by atoms with Crippen molar-refractivity contribution in [2.45, 2.75) is 11.7 Å². The molecule has 0 radical (unpaired) electrons. The molecule has 0 spiro atoms. The Balaban J connectivity index is 2.42. The normalized spacial score (nSPS) is 48.5. The van der Waals surface area contributed by atoms with E-state index in [0.717, 1.165) is 6.42 Å². The van der Waals surface area contributed by atoms with Crippen LogP contribution in [0.4, 0.5) is 0 Å². The SMILES string of the molecule is O=S1(=O)NCC2CC21. The van der Waals surface area contributed by atoms with Gasteiger partial charge in [0.25, 0.3) is 0 Å². The molecule has 46 valence electrons. The molecule has 1 saturated carbocycles. The highest BCUT2D eigenvalue weighted by Gasteiger charge is 2.52. The molecule has 0 bridgehead atoms. The number of fused-ring (bicyclic) bond motifs is 1. The van der Waals surface area contributed by atoms with Gasteiger partial charge in [-0.1, -0.05) is 0 Å². The van der Waals surface area contributed by atoms with Crippen molar-refractivity contribution in [1.82, 2.24) is 4.72 Å². The van der Waals surface area contributed by atoms with Crippen LogP contribution in [-0.2, 0) is 10.0 Å². The Morgan fingerprint density at radius 1 is 1.50 bits per heavy atom. The molecule has 0 amide bonds. The topological polar surface area (TPSA) is 46.2 Å². The number of rotatable bonds is 0. The summed E-state index contributed by atoms with van der Waals surface area (Å²) in [6.45, 7) is 0.688. The summed E-state index contributed by atoms with van der Waals surface area (Å²) in [5.74, 6) is 0.458. The molecular formula is C4H7NO2S. The quantitative estimate of drug-likeness (QED) is 0.475. The zero-order valence-electron chi connectivity index (χ0n) is 4.29. The predicted octanol–water partition coefficient (Wildman–Crippen LogP) is -0.692. The molecule has 0 aromatic carbocycles. The average molecular weight is 133 g/mol. The predicted molar refractivity (Wildman–Crippen MR) is 28.8 cm³/mol. The molecule has 0 aromatic heterocycles. The van der Waals surface area contributed by atoms with Crippen molar-refractivity contribution >= 4 is 10.0 Å². The van der Waals surface area contributed by atoms with Gasteiger partial charge in [0, 0.05) is 6.54 Å². The second kappa shape index (κ2) is 1.09. The molecule has 3 nitrogen and oxygen atoms in total. The maximum atomic E-state index is 10.7. The minimum Gasteiger partial charge on any atom is -0.215 e. The van der Waals surface area contributed by atoms with Crippen LogP contribution in [0.2, 0.25) is 0 Å². The Bertz CT molecular complexity index is 208. The van der Waals surface area contributed by atoms with Crippen LogP contribution in [0.3, 0.4) is 0 Å². The first-order valence-electron chi connectivity index (χ1n) is 2.68. The Labute approximate surface area is 48.1 Å². The summed E-state index contributed by atoms with van der Waals surface area (Å²) in [6.07, 6.45) is 0.898. The zero-order chi connectivity index (χ0) is 5.78. The van der Waals surface area contributed by atoms with Crippen molar-refractivity contribution < 1.29 is 8.42 Å². The van der Waals surface area contributed by atoms with Crippen LogP contribution in [0.5, 0.6) is 0 Å². The van der Waals surface area contributed by atoms with E-state index in [2.05, 4.69) is 4.72 Å². The average Bonchev–Trinajstić information content (AvgIpc) is 2.34. The second-order valence-electron chi connectivity index (χ2n) is 2.43. The van der Waals surface area contributed by atoms with Crippen molar-refractivity contribution in [2.24, 2.45) is 5.92 Å². The molecule has 2 atom stereocenters. The van der Waals surface area contributed by atoms with E-state index in [9.17, 15) is 8.42 Å². The third-order valence-electron chi connectivity index (χ3n) is 1.80. The van der Waals surface area contributed by atoms with Crippen molar-refractivity contribution in [1.29, 1.82) is 0 Å². The zero-order valence-corrected chi connectivity index (χ0v) is 5.11. The number of hydrogen-bond acceptors (Lipinski definition) is 2. The third-order valence-corrected chi connectivity index (χ3v) is 3.75. The molecule has 1 N–H and O–H groups in total. The maximum Gasteiger partial charge on any atom is 0.214 e. The van der Waals surface area contributed by atoms with E-state index in [1.165, 1.54) is 0 Å². The summed E-state index contributed by atoms with van der Waals surface area (Å²) in [6, 6.07) is 0. The summed E-state index contributed by atoms with van der Waals surface area (Å²) in [7, 11) is -2.80. The van der Waals surface area contributed by atoms with Crippen LogP contribution in [0.25, 0.3) is 0 Å². The number of sulfonamides is 1. The van der Waals surface area contributed by atoms with Crippen molar-refractivity contribution in [3.05, 3.63) is 0 Å². The maximum absolute atomic E-state index is 10.7. The fourth-order valence-corrected chi connectivity index (χ4v) is 2.91. The molecule has 1 aliphatic heterocycles. The summed E-state index contributed by atoms with van der Waals surface area (Å²) >= 11 is 0. The largest absolute Gasteiger partial charge is 0.215 e. The fraction of sp³-hybridized carbons (Fsp3) is 1.00. The molecule has 1 heterocycles. The highest BCUT2D eigenvalue weighted by Crippen LogP contribution is 2.40. The van der Waals surface area contributed by atoms with Crippen LogP contribution >= 0.6 is 0 Å². The molecule has 2 unspecified atom stereocenters. The highest BCUT2D eigenvalue weighted by atomic mass is 32.2. The van der Waals surface area contributed by atoms with Gasteiger partial charge in [-0.05, 0) is 12.3 Å². The van der Waals surface area contributed by atoms with Gasteiger partial charge >= 0.3 is 0 Å². The molecule has 4 heteroatoms. The smallest absolute Gasteiger partial charge is 0.214 e. The molecule has 2 rings (SSSR count). The van der Waals surface area contributed by atoms with Gasteiger partial charge in [-0.25, -0.2) is 13.1 Å². The summed E-state index contributed by atoms with van der Waals surface area (Å²) in [5.41, 5.74) is 0.